The van der Waals surface area contributed by atoms with E-state index in [0.29, 0.717) is 6.54 Å². The average Bonchev–Trinajstić information content (AvgIpc) is 2.62. The highest BCUT2D eigenvalue weighted by Gasteiger charge is 2.04. The quantitative estimate of drug-likeness (QED) is 0.240. The lowest BCUT2D eigenvalue weighted by Gasteiger charge is -2.14. The number of unbranched alkanes of at least 4 members (excludes halogenated alkanes) is 14. The standard InChI is InChI=1S/C22H41NO3/c1-3-4-5-6-7-8-9-10-11-12-13-14-15-16-17-20-23(2)21(24)18-19-22(25)26/h18-19H,3-17,20H2,1-2H3,(H,25,26)/b19-18+. The van der Waals surface area contributed by atoms with Crippen LogP contribution >= 0.6 is 0 Å². The summed E-state index contributed by atoms with van der Waals surface area (Å²) >= 11 is 0. The molecule has 0 saturated carbocycles. The Morgan fingerprint density at radius 1 is 0.692 bits per heavy atom. The third kappa shape index (κ3) is 17.5. The molecule has 0 rings (SSSR count). The van der Waals surface area contributed by atoms with E-state index in [9.17, 15) is 9.59 Å². The zero-order valence-corrected chi connectivity index (χ0v) is 17.2. The zero-order chi connectivity index (χ0) is 19.5. The van der Waals surface area contributed by atoms with Gasteiger partial charge < -0.3 is 10.0 Å². The molecule has 4 nitrogen and oxygen atoms in total. The maximum Gasteiger partial charge on any atom is 0.328 e. The summed E-state index contributed by atoms with van der Waals surface area (Å²) in [5.74, 6) is -1.32. The van der Waals surface area contributed by atoms with Crippen molar-refractivity contribution in [2.24, 2.45) is 0 Å². The summed E-state index contributed by atoms with van der Waals surface area (Å²) in [6, 6.07) is 0. The van der Waals surface area contributed by atoms with Gasteiger partial charge in [-0.1, -0.05) is 96.8 Å². The number of carbonyl (C=O) groups excluding carboxylic acids is 1. The maximum absolute atomic E-state index is 11.6. The molecule has 0 saturated heterocycles. The maximum atomic E-state index is 11.6. The van der Waals surface area contributed by atoms with E-state index >= 15 is 0 Å². The van der Waals surface area contributed by atoms with Crippen molar-refractivity contribution in [3.63, 3.8) is 0 Å². The second-order valence-electron chi connectivity index (χ2n) is 7.38. The highest BCUT2D eigenvalue weighted by molar-refractivity contribution is 5.93. The predicted octanol–water partition coefficient (Wildman–Crippen LogP) is 5.96. The Kier molecular flexibility index (Phi) is 17.5. The number of aliphatic carboxylic acids is 1. The van der Waals surface area contributed by atoms with Gasteiger partial charge in [-0.25, -0.2) is 4.79 Å². The fourth-order valence-electron chi connectivity index (χ4n) is 3.10. The Balaban J connectivity index is 3.29. The van der Waals surface area contributed by atoms with Gasteiger partial charge in [0.05, 0.1) is 0 Å². The van der Waals surface area contributed by atoms with Crippen molar-refractivity contribution in [3.05, 3.63) is 12.2 Å². The summed E-state index contributed by atoms with van der Waals surface area (Å²) in [5, 5.41) is 8.50. The lowest BCUT2D eigenvalue weighted by molar-refractivity contribution is -0.132. The number of hydrogen-bond acceptors (Lipinski definition) is 2. The SMILES string of the molecule is CCCCCCCCCCCCCCCCCN(C)C(=O)/C=C/C(=O)O. The molecule has 4 heteroatoms. The van der Waals surface area contributed by atoms with Crippen LogP contribution in [0.3, 0.4) is 0 Å². The molecular weight excluding hydrogens is 326 g/mol. The fourth-order valence-corrected chi connectivity index (χ4v) is 3.10. The molecule has 0 aliphatic heterocycles. The van der Waals surface area contributed by atoms with E-state index in [-0.39, 0.29) is 5.91 Å². The summed E-state index contributed by atoms with van der Waals surface area (Å²) in [6.45, 7) is 2.96. The second kappa shape index (κ2) is 18.5. The van der Waals surface area contributed by atoms with Crippen molar-refractivity contribution in [2.75, 3.05) is 13.6 Å². The Bertz CT molecular complexity index is 380. The number of rotatable bonds is 18. The summed E-state index contributed by atoms with van der Waals surface area (Å²) < 4.78 is 0. The van der Waals surface area contributed by atoms with Crippen molar-refractivity contribution in [3.8, 4) is 0 Å². The van der Waals surface area contributed by atoms with E-state index in [1.54, 1.807) is 11.9 Å². The predicted molar refractivity (Wildman–Crippen MR) is 109 cm³/mol. The van der Waals surface area contributed by atoms with Crippen LogP contribution < -0.4 is 0 Å². The monoisotopic (exact) mass is 367 g/mol. The first-order valence-corrected chi connectivity index (χ1v) is 10.7. The third-order valence-corrected chi connectivity index (χ3v) is 4.84. The van der Waals surface area contributed by atoms with Gasteiger partial charge in [-0.15, -0.1) is 0 Å². The molecule has 0 aliphatic rings. The number of carboxylic acid groups (broad SMARTS) is 1. The molecule has 152 valence electrons. The van der Waals surface area contributed by atoms with Gasteiger partial charge in [0, 0.05) is 25.7 Å². The first-order chi connectivity index (χ1) is 12.6. The normalized spacial score (nSPS) is 11.2. The van der Waals surface area contributed by atoms with E-state index in [2.05, 4.69) is 6.92 Å². The highest BCUT2D eigenvalue weighted by atomic mass is 16.4. The van der Waals surface area contributed by atoms with Gasteiger partial charge in [0.15, 0.2) is 0 Å². The molecule has 0 spiro atoms. The van der Waals surface area contributed by atoms with E-state index < -0.39 is 5.97 Å². The number of carboxylic acids is 1. The van der Waals surface area contributed by atoms with Gasteiger partial charge in [-0.05, 0) is 6.42 Å². The number of amides is 1. The van der Waals surface area contributed by atoms with Gasteiger partial charge in [0.2, 0.25) is 5.91 Å². The molecule has 0 heterocycles. The first kappa shape index (κ1) is 24.7. The van der Waals surface area contributed by atoms with Gasteiger partial charge in [-0.2, -0.15) is 0 Å². The zero-order valence-electron chi connectivity index (χ0n) is 17.2. The Morgan fingerprint density at radius 3 is 1.46 bits per heavy atom. The molecule has 0 unspecified atom stereocenters. The Labute approximate surface area is 161 Å². The van der Waals surface area contributed by atoms with Crippen LogP contribution in [0, 0.1) is 0 Å². The summed E-state index contributed by atoms with van der Waals surface area (Å²) in [7, 11) is 1.72. The number of hydrogen-bond donors (Lipinski definition) is 1. The van der Waals surface area contributed by atoms with Gasteiger partial charge in [0.1, 0.15) is 0 Å². The van der Waals surface area contributed by atoms with Crippen molar-refractivity contribution in [1.82, 2.24) is 4.90 Å². The minimum absolute atomic E-state index is 0.238. The smallest absolute Gasteiger partial charge is 0.328 e. The van der Waals surface area contributed by atoms with Crippen LogP contribution in [0.5, 0.6) is 0 Å². The average molecular weight is 368 g/mol. The molecule has 0 aromatic carbocycles. The Hall–Kier alpha value is -1.32. The molecule has 0 aliphatic carbocycles. The largest absolute Gasteiger partial charge is 0.478 e. The molecule has 0 bridgehead atoms. The number of carbonyl (C=O) groups is 2. The van der Waals surface area contributed by atoms with Crippen LogP contribution in [-0.2, 0) is 9.59 Å². The molecule has 0 atom stereocenters. The first-order valence-electron chi connectivity index (χ1n) is 10.7. The van der Waals surface area contributed by atoms with Gasteiger partial charge in [0.25, 0.3) is 0 Å². The summed E-state index contributed by atoms with van der Waals surface area (Å²) in [6.07, 6.45) is 21.9. The highest BCUT2D eigenvalue weighted by Crippen LogP contribution is 2.13. The van der Waals surface area contributed by atoms with E-state index in [0.717, 1.165) is 25.0 Å². The van der Waals surface area contributed by atoms with Crippen LogP contribution in [0.2, 0.25) is 0 Å². The second-order valence-corrected chi connectivity index (χ2v) is 7.38. The summed E-state index contributed by atoms with van der Waals surface area (Å²) in [5.41, 5.74) is 0. The molecule has 26 heavy (non-hydrogen) atoms. The van der Waals surface area contributed by atoms with Crippen LogP contribution in [0.15, 0.2) is 12.2 Å². The van der Waals surface area contributed by atoms with Crippen LogP contribution in [-0.4, -0.2) is 35.5 Å². The minimum Gasteiger partial charge on any atom is -0.478 e. The fraction of sp³-hybridized carbons (Fsp3) is 0.818. The van der Waals surface area contributed by atoms with Crippen molar-refractivity contribution in [1.29, 1.82) is 0 Å². The van der Waals surface area contributed by atoms with Crippen molar-refractivity contribution < 1.29 is 14.7 Å². The van der Waals surface area contributed by atoms with Crippen molar-refractivity contribution >= 4 is 11.9 Å². The topological polar surface area (TPSA) is 57.6 Å². The van der Waals surface area contributed by atoms with Gasteiger partial charge >= 0.3 is 5.97 Å². The van der Waals surface area contributed by atoms with Gasteiger partial charge in [-0.3, -0.25) is 4.79 Å². The van der Waals surface area contributed by atoms with Crippen LogP contribution in [0.25, 0.3) is 0 Å². The number of nitrogens with zero attached hydrogens (tertiary/aromatic N) is 1. The molecule has 0 aromatic heterocycles. The molecule has 0 radical (unpaired) electrons. The number of likely N-dealkylation sites (N-methyl/N-ethyl adjacent to an activating group) is 1. The summed E-state index contributed by atoms with van der Waals surface area (Å²) in [4.78, 5) is 23.6. The van der Waals surface area contributed by atoms with E-state index in [1.165, 1.54) is 83.5 Å². The molecular formula is C22H41NO3. The third-order valence-electron chi connectivity index (χ3n) is 4.84. The molecule has 1 amide bonds. The molecule has 0 aromatic rings. The molecule has 1 N–H and O–H groups in total. The minimum atomic E-state index is -1.08. The van der Waals surface area contributed by atoms with Crippen molar-refractivity contribution in [2.45, 2.75) is 103 Å². The van der Waals surface area contributed by atoms with Crippen LogP contribution in [0.1, 0.15) is 103 Å². The lowest BCUT2D eigenvalue weighted by Crippen LogP contribution is -2.26. The van der Waals surface area contributed by atoms with E-state index in [4.69, 9.17) is 5.11 Å². The lowest BCUT2D eigenvalue weighted by atomic mass is 10.0. The Morgan fingerprint density at radius 2 is 1.08 bits per heavy atom. The van der Waals surface area contributed by atoms with Crippen LogP contribution in [0.4, 0.5) is 0 Å². The van der Waals surface area contributed by atoms with E-state index in [1.807, 2.05) is 0 Å². The molecule has 0 fully saturated rings.